The lowest BCUT2D eigenvalue weighted by molar-refractivity contribution is 0.0690. The molecule has 8 heteroatoms. The lowest BCUT2D eigenvalue weighted by Crippen LogP contribution is -2.25. The molecule has 2 heterocycles. The number of nitrogens with one attached hydrogen (secondary N) is 1. The van der Waals surface area contributed by atoms with Gasteiger partial charge in [-0.3, -0.25) is 4.79 Å². The molecule has 0 saturated carbocycles. The van der Waals surface area contributed by atoms with E-state index in [1.165, 1.54) is 16.7 Å². The van der Waals surface area contributed by atoms with Crippen LogP contribution in [0.5, 0.6) is 0 Å². The number of amides is 1. The number of carbonyl (C=O) groups is 2. The molecule has 2 rings (SSSR count). The third kappa shape index (κ3) is 3.38. The van der Waals surface area contributed by atoms with E-state index >= 15 is 0 Å². The highest BCUT2D eigenvalue weighted by molar-refractivity contribution is 7.09. The average Bonchev–Trinajstić information content (AvgIpc) is 2.98. The fourth-order valence-electron chi connectivity index (χ4n) is 1.36. The van der Waals surface area contributed by atoms with Crippen LogP contribution < -0.4 is 5.32 Å². The first kappa shape index (κ1) is 13.2. The Bertz CT molecular complexity index is 605. The number of carboxylic acid groups (broad SMARTS) is 1. The summed E-state index contributed by atoms with van der Waals surface area (Å²) in [4.78, 5) is 26.2. The molecule has 7 nitrogen and oxygen atoms in total. The Labute approximate surface area is 112 Å². The summed E-state index contributed by atoms with van der Waals surface area (Å²) in [5.74, 6) is -1.25. The summed E-state index contributed by atoms with van der Waals surface area (Å²) in [7, 11) is 0. The van der Waals surface area contributed by atoms with Crippen molar-refractivity contribution in [1.29, 1.82) is 0 Å². The Balaban J connectivity index is 1.83. The number of aromatic carboxylic acids is 1. The Morgan fingerprint density at radius 3 is 2.89 bits per heavy atom. The molecule has 0 aromatic carbocycles. The summed E-state index contributed by atoms with van der Waals surface area (Å²) >= 11 is 1.25. The molecule has 0 fully saturated rings. The van der Waals surface area contributed by atoms with Gasteiger partial charge in [-0.05, 0) is 6.92 Å². The van der Waals surface area contributed by atoms with Crippen LogP contribution in [-0.4, -0.2) is 33.7 Å². The van der Waals surface area contributed by atoms with Gasteiger partial charge in [0.25, 0.3) is 5.91 Å². The number of aromatic nitrogens is 2. The minimum atomic E-state index is -1.05. The van der Waals surface area contributed by atoms with Crippen LogP contribution in [0.25, 0.3) is 0 Å². The maximum Gasteiger partial charge on any atom is 0.355 e. The van der Waals surface area contributed by atoms with E-state index in [0.717, 1.165) is 0 Å². The maximum absolute atomic E-state index is 11.6. The Morgan fingerprint density at radius 2 is 2.32 bits per heavy atom. The molecule has 0 atom stereocenters. The molecule has 0 bridgehead atoms. The third-order valence-corrected chi connectivity index (χ3v) is 3.16. The van der Waals surface area contributed by atoms with Crippen LogP contribution in [0.2, 0.25) is 0 Å². The van der Waals surface area contributed by atoms with Gasteiger partial charge < -0.3 is 14.9 Å². The summed E-state index contributed by atoms with van der Waals surface area (Å²) in [6.07, 6.45) is 0.469. The predicted molar refractivity (Wildman–Crippen MR) is 66.4 cm³/mol. The Kier molecular flexibility index (Phi) is 3.91. The van der Waals surface area contributed by atoms with Crippen molar-refractivity contribution in [3.63, 3.8) is 0 Å². The number of hydrogen-bond acceptors (Lipinski definition) is 6. The van der Waals surface area contributed by atoms with Gasteiger partial charge in [0.2, 0.25) is 5.76 Å². The monoisotopic (exact) mass is 281 g/mol. The smallest absolute Gasteiger partial charge is 0.355 e. The van der Waals surface area contributed by atoms with Gasteiger partial charge in [-0.2, -0.15) is 0 Å². The lowest BCUT2D eigenvalue weighted by Gasteiger charge is -1.99. The molecule has 0 aliphatic carbocycles. The molecule has 0 saturated heterocycles. The minimum Gasteiger partial charge on any atom is -0.476 e. The van der Waals surface area contributed by atoms with Gasteiger partial charge in [0.15, 0.2) is 5.69 Å². The first-order valence-electron chi connectivity index (χ1n) is 5.45. The molecule has 2 aromatic heterocycles. The van der Waals surface area contributed by atoms with Gasteiger partial charge in [0, 0.05) is 24.4 Å². The van der Waals surface area contributed by atoms with Crippen LogP contribution in [-0.2, 0) is 6.42 Å². The molecule has 2 aromatic rings. The number of aryl methyl sites for hydroxylation is 1. The number of thiazole rings is 1. The first-order valence-corrected chi connectivity index (χ1v) is 6.33. The van der Waals surface area contributed by atoms with E-state index < -0.39 is 5.97 Å². The highest BCUT2D eigenvalue weighted by Crippen LogP contribution is 2.10. The molecule has 1 amide bonds. The molecule has 0 radical (unpaired) electrons. The van der Waals surface area contributed by atoms with Gasteiger partial charge in [0.1, 0.15) is 0 Å². The van der Waals surface area contributed by atoms with Crippen LogP contribution in [0.1, 0.15) is 31.7 Å². The summed E-state index contributed by atoms with van der Waals surface area (Å²) in [6.45, 7) is 2.08. The molecule has 0 unspecified atom stereocenters. The van der Waals surface area contributed by atoms with E-state index in [4.69, 9.17) is 9.63 Å². The van der Waals surface area contributed by atoms with Crippen LogP contribution in [0.15, 0.2) is 16.0 Å². The van der Waals surface area contributed by atoms with Crippen molar-refractivity contribution < 1.29 is 19.2 Å². The number of rotatable bonds is 5. The number of hydrogen-bond donors (Lipinski definition) is 2. The van der Waals surface area contributed by atoms with E-state index in [0.29, 0.717) is 23.7 Å². The molecule has 2 N–H and O–H groups in total. The summed E-state index contributed by atoms with van der Waals surface area (Å²) in [5, 5.41) is 17.1. The second-order valence-corrected chi connectivity index (χ2v) is 4.71. The number of carboxylic acids is 1. The van der Waals surface area contributed by atoms with E-state index in [1.54, 1.807) is 13.0 Å². The zero-order valence-electron chi connectivity index (χ0n) is 10.0. The topological polar surface area (TPSA) is 105 Å². The standard InChI is InChI=1S/C11H11N3O4S/c1-6-4-8(18-14-6)10(15)12-3-2-9-13-7(5-19-9)11(16)17/h4-5H,2-3H2,1H3,(H,12,15)(H,16,17). The second kappa shape index (κ2) is 5.61. The second-order valence-electron chi connectivity index (χ2n) is 3.77. The van der Waals surface area contributed by atoms with Gasteiger partial charge in [-0.15, -0.1) is 11.3 Å². The maximum atomic E-state index is 11.6. The normalized spacial score (nSPS) is 10.4. The third-order valence-electron chi connectivity index (χ3n) is 2.25. The van der Waals surface area contributed by atoms with Gasteiger partial charge in [-0.1, -0.05) is 5.16 Å². The highest BCUT2D eigenvalue weighted by atomic mass is 32.1. The van der Waals surface area contributed by atoms with E-state index in [9.17, 15) is 9.59 Å². The Morgan fingerprint density at radius 1 is 1.53 bits per heavy atom. The van der Waals surface area contributed by atoms with E-state index in [-0.39, 0.29) is 17.4 Å². The highest BCUT2D eigenvalue weighted by Gasteiger charge is 2.12. The van der Waals surface area contributed by atoms with Crippen molar-refractivity contribution in [3.05, 3.63) is 33.6 Å². The molecule has 0 aliphatic heterocycles. The number of carbonyl (C=O) groups excluding carboxylic acids is 1. The molecule has 100 valence electrons. The largest absolute Gasteiger partial charge is 0.476 e. The van der Waals surface area contributed by atoms with Crippen molar-refractivity contribution in [2.24, 2.45) is 0 Å². The summed E-state index contributed by atoms with van der Waals surface area (Å²) < 4.78 is 4.81. The summed E-state index contributed by atoms with van der Waals surface area (Å²) in [6, 6.07) is 1.54. The van der Waals surface area contributed by atoms with Gasteiger partial charge in [0.05, 0.1) is 10.7 Å². The molecule has 0 aliphatic rings. The molecule has 19 heavy (non-hydrogen) atoms. The minimum absolute atomic E-state index is 0.0252. The van der Waals surface area contributed by atoms with Crippen LogP contribution >= 0.6 is 11.3 Å². The van der Waals surface area contributed by atoms with Crippen molar-refractivity contribution in [3.8, 4) is 0 Å². The zero-order chi connectivity index (χ0) is 13.8. The molecule has 0 spiro atoms. The lowest BCUT2D eigenvalue weighted by atomic mass is 10.3. The fraction of sp³-hybridized carbons (Fsp3) is 0.273. The molecular formula is C11H11N3O4S. The number of nitrogens with zero attached hydrogens (tertiary/aromatic N) is 2. The summed E-state index contributed by atoms with van der Waals surface area (Å²) in [5.41, 5.74) is 0.661. The van der Waals surface area contributed by atoms with E-state index in [1.807, 2.05) is 0 Å². The van der Waals surface area contributed by atoms with Crippen LogP contribution in [0.4, 0.5) is 0 Å². The van der Waals surface area contributed by atoms with Crippen LogP contribution in [0.3, 0.4) is 0 Å². The Hall–Kier alpha value is -2.22. The quantitative estimate of drug-likeness (QED) is 0.850. The molecular weight excluding hydrogens is 270 g/mol. The SMILES string of the molecule is Cc1cc(C(=O)NCCc2nc(C(=O)O)cs2)on1. The zero-order valence-corrected chi connectivity index (χ0v) is 10.9. The predicted octanol–water partition coefficient (Wildman–Crippen LogP) is 1.11. The van der Waals surface area contributed by atoms with Gasteiger partial charge >= 0.3 is 5.97 Å². The average molecular weight is 281 g/mol. The van der Waals surface area contributed by atoms with Crippen molar-refractivity contribution in [1.82, 2.24) is 15.5 Å². The van der Waals surface area contributed by atoms with Gasteiger partial charge in [-0.25, -0.2) is 9.78 Å². The van der Waals surface area contributed by atoms with Crippen molar-refractivity contribution >= 4 is 23.2 Å². The van der Waals surface area contributed by atoms with E-state index in [2.05, 4.69) is 15.5 Å². The van der Waals surface area contributed by atoms with Crippen molar-refractivity contribution in [2.45, 2.75) is 13.3 Å². The fourth-order valence-corrected chi connectivity index (χ4v) is 2.14. The van der Waals surface area contributed by atoms with Crippen LogP contribution in [0, 0.1) is 6.92 Å². The first-order chi connectivity index (χ1) is 9.06. The van der Waals surface area contributed by atoms with Crippen molar-refractivity contribution in [2.75, 3.05) is 6.54 Å².